The summed E-state index contributed by atoms with van der Waals surface area (Å²) in [5, 5.41) is 3.06. The molecule has 0 heterocycles. The van der Waals surface area contributed by atoms with E-state index in [1.54, 1.807) is 0 Å². The van der Waals surface area contributed by atoms with Crippen molar-refractivity contribution in [3.63, 3.8) is 0 Å². The summed E-state index contributed by atoms with van der Waals surface area (Å²) >= 11 is 0. The molecule has 0 unspecified atom stereocenters. The predicted octanol–water partition coefficient (Wildman–Crippen LogP) is 5.55. The highest BCUT2D eigenvalue weighted by Gasteiger charge is 2.06. The Bertz CT molecular complexity index is 533. The van der Waals surface area contributed by atoms with Crippen LogP contribution in [0.3, 0.4) is 0 Å². The molecule has 0 aliphatic heterocycles. The molecule has 0 spiro atoms. The zero-order valence-corrected chi connectivity index (χ0v) is 23.1. The van der Waals surface area contributed by atoms with Gasteiger partial charge in [0.1, 0.15) is 0 Å². The first-order valence-corrected chi connectivity index (χ1v) is 14.4. The maximum atomic E-state index is 11.8. The highest BCUT2D eigenvalue weighted by atomic mass is 32.3. The van der Waals surface area contributed by atoms with Gasteiger partial charge in [0, 0.05) is 19.4 Å². The van der Waals surface area contributed by atoms with Gasteiger partial charge in [0.05, 0.1) is 34.8 Å². The number of hydrogen-bond acceptors (Lipinski definition) is 5. The summed E-state index contributed by atoms with van der Waals surface area (Å²) < 4.78 is 32.0. The van der Waals surface area contributed by atoms with Crippen molar-refractivity contribution in [2.45, 2.75) is 116 Å². The van der Waals surface area contributed by atoms with E-state index in [0.29, 0.717) is 6.42 Å². The van der Waals surface area contributed by atoms with Crippen LogP contribution in [-0.2, 0) is 19.4 Å². The molecule has 0 aliphatic carbocycles. The van der Waals surface area contributed by atoms with Gasteiger partial charge in [0.2, 0.25) is 16.3 Å². The molecule has 1 N–H and O–H groups in total. The fourth-order valence-electron chi connectivity index (χ4n) is 3.53. The summed E-state index contributed by atoms with van der Waals surface area (Å²) in [5.41, 5.74) is 0. The van der Waals surface area contributed by atoms with Gasteiger partial charge in [-0.2, -0.15) is 0 Å². The van der Waals surface area contributed by atoms with E-state index in [1.807, 2.05) is 0 Å². The van der Waals surface area contributed by atoms with Crippen LogP contribution in [0, 0.1) is 0 Å². The number of rotatable bonds is 21. The summed E-state index contributed by atoms with van der Waals surface area (Å²) in [6.07, 6.45) is 22.3. The molecular formula is C25H54N2O5S. The second-order valence-electron chi connectivity index (χ2n) is 9.99. The number of nitrogens with zero attached hydrogens (tertiary/aromatic N) is 1. The minimum Gasteiger partial charge on any atom is -0.726 e. The highest BCUT2D eigenvalue weighted by Crippen LogP contribution is 2.13. The van der Waals surface area contributed by atoms with Crippen LogP contribution in [0.15, 0.2) is 0 Å². The summed E-state index contributed by atoms with van der Waals surface area (Å²) in [5.74, 6) is 0.242. The van der Waals surface area contributed by atoms with E-state index < -0.39 is 10.4 Å². The van der Waals surface area contributed by atoms with Crippen molar-refractivity contribution in [1.82, 2.24) is 5.32 Å². The summed E-state index contributed by atoms with van der Waals surface area (Å²) in [6, 6.07) is 0. The number of carbonyl (C=O) groups excluding carboxylic acids is 1. The number of hydrogen-bond donors (Lipinski definition) is 1. The fraction of sp³-hybridized carbons (Fsp3) is 0.960. The Hall–Kier alpha value is -0.700. The van der Waals surface area contributed by atoms with Gasteiger partial charge >= 0.3 is 0 Å². The van der Waals surface area contributed by atoms with Crippen LogP contribution in [0.1, 0.15) is 116 Å². The average Bonchev–Trinajstić information content (AvgIpc) is 2.73. The van der Waals surface area contributed by atoms with Gasteiger partial charge in [-0.25, -0.2) is 8.42 Å². The lowest BCUT2D eigenvalue weighted by atomic mass is 10.0. The summed E-state index contributed by atoms with van der Waals surface area (Å²) in [4.78, 5) is 11.8. The molecule has 7 nitrogen and oxygen atoms in total. The first-order chi connectivity index (χ1) is 15.5. The van der Waals surface area contributed by atoms with Crippen molar-refractivity contribution in [3.05, 3.63) is 0 Å². The van der Waals surface area contributed by atoms with E-state index in [1.165, 1.54) is 89.9 Å². The molecule has 200 valence electrons. The molecule has 0 aliphatic rings. The molecule has 0 aromatic carbocycles. The quantitative estimate of drug-likeness (QED) is 0.0976. The van der Waals surface area contributed by atoms with Crippen LogP contribution in [0.5, 0.6) is 0 Å². The number of quaternary nitrogens is 1. The average molecular weight is 495 g/mol. The van der Waals surface area contributed by atoms with Crippen molar-refractivity contribution < 1.29 is 26.4 Å². The fourth-order valence-corrected chi connectivity index (χ4v) is 3.53. The Kier molecular flexibility index (Phi) is 24.1. The number of amides is 1. The van der Waals surface area contributed by atoms with Crippen molar-refractivity contribution in [3.8, 4) is 0 Å². The number of unbranched alkanes of at least 4 members (excludes halogenated alkanes) is 14. The SMILES string of the molecule is CCCCCCCCCCCCCCCCCC(=O)NCCC[N+](C)(C)C.COS(=O)(=O)[O-]. The standard InChI is InChI=1S/C24H50N2O.CH4O4S/c1-5-6-7-8-9-10-11-12-13-14-15-16-17-18-19-21-24(27)25-22-20-23-26(2,3)4;1-5-6(2,3)4/h5-23H2,1-4H3;1H3,(H,2,3,4). The molecule has 0 saturated carbocycles. The lowest BCUT2D eigenvalue weighted by Gasteiger charge is -2.23. The maximum Gasteiger partial charge on any atom is 0.219 e. The third kappa shape index (κ3) is 36.1. The van der Waals surface area contributed by atoms with Crippen LogP contribution < -0.4 is 5.32 Å². The largest absolute Gasteiger partial charge is 0.726 e. The minimum absolute atomic E-state index is 0.242. The highest BCUT2D eigenvalue weighted by molar-refractivity contribution is 7.80. The van der Waals surface area contributed by atoms with Gasteiger partial charge in [-0.3, -0.25) is 8.98 Å². The number of nitrogens with one attached hydrogen (secondary N) is 1. The Balaban J connectivity index is 0. The molecule has 0 aromatic heterocycles. The molecule has 0 bridgehead atoms. The normalized spacial score (nSPS) is 11.7. The summed E-state index contributed by atoms with van der Waals surface area (Å²) in [7, 11) is 2.97. The third-order valence-electron chi connectivity index (χ3n) is 5.54. The first-order valence-electron chi connectivity index (χ1n) is 13.1. The van der Waals surface area contributed by atoms with Gasteiger partial charge in [-0.1, -0.05) is 96.8 Å². The molecule has 8 heteroatoms. The molecule has 0 radical (unpaired) electrons. The Morgan fingerprint density at radius 1 is 0.758 bits per heavy atom. The van der Waals surface area contributed by atoms with Gasteiger partial charge < -0.3 is 14.4 Å². The third-order valence-corrected chi connectivity index (χ3v) is 5.95. The monoisotopic (exact) mass is 494 g/mol. The zero-order valence-electron chi connectivity index (χ0n) is 22.3. The van der Waals surface area contributed by atoms with Crippen molar-refractivity contribution in [2.24, 2.45) is 0 Å². The van der Waals surface area contributed by atoms with Crippen molar-refractivity contribution >= 4 is 16.3 Å². The molecule has 33 heavy (non-hydrogen) atoms. The Morgan fingerprint density at radius 3 is 1.45 bits per heavy atom. The van der Waals surface area contributed by atoms with Crippen LogP contribution in [0.25, 0.3) is 0 Å². The molecule has 0 aromatic rings. The van der Waals surface area contributed by atoms with Gasteiger partial charge in [-0.05, 0) is 6.42 Å². The zero-order chi connectivity index (χ0) is 25.4. The van der Waals surface area contributed by atoms with Crippen LogP contribution in [0.4, 0.5) is 0 Å². The maximum absolute atomic E-state index is 11.8. The van der Waals surface area contributed by atoms with Gasteiger partial charge in [0.25, 0.3) is 0 Å². The first kappa shape index (κ1) is 34.5. The smallest absolute Gasteiger partial charge is 0.219 e. The molecule has 0 fully saturated rings. The molecular weight excluding hydrogens is 440 g/mol. The van der Waals surface area contributed by atoms with Crippen LogP contribution >= 0.6 is 0 Å². The van der Waals surface area contributed by atoms with Crippen molar-refractivity contribution in [1.29, 1.82) is 0 Å². The van der Waals surface area contributed by atoms with E-state index >= 15 is 0 Å². The van der Waals surface area contributed by atoms with Crippen LogP contribution in [0.2, 0.25) is 0 Å². The minimum atomic E-state index is -4.41. The topological polar surface area (TPSA) is 95.5 Å². The lowest BCUT2D eigenvalue weighted by molar-refractivity contribution is -0.870. The summed E-state index contributed by atoms with van der Waals surface area (Å²) in [6.45, 7) is 4.22. The molecule has 0 saturated heterocycles. The second-order valence-corrected chi connectivity index (χ2v) is 11.1. The predicted molar refractivity (Wildman–Crippen MR) is 137 cm³/mol. The number of carbonyl (C=O) groups is 1. The van der Waals surface area contributed by atoms with E-state index in [2.05, 4.69) is 37.6 Å². The van der Waals surface area contributed by atoms with E-state index in [9.17, 15) is 17.8 Å². The van der Waals surface area contributed by atoms with Gasteiger partial charge in [0.15, 0.2) is 0 Å². The van der Waals surface area contributed by atoms with E-state index in [0.717, 1.165) is 37.5 Å². The Labute approximate surface area is 205 Å². The molecule has 0 atom stereocenters. The van der Waals surface area contributed by atoms with E-state index in [-0.39, 0.29) is 5.91 Å². The van der Waals surface area contributed by atoms with Gasteiger partial charge in [-0.15, -0.1) is 0 Å². The van der Waals surface area contributed by atoms with E-state index in [4.69, 9.17) is 0 Å². The van der Waals surface area contributed by atoms with Crippen molar-refractivity contribution in [2.75, 3.05) is 41.3 Å². The molecule has 1 amide bonds. The molecule has 0 rings (SSSR count). The lowest BCUT2D eigenvalue weighted by Crippen LogP contribution is -2.37. The second kappa shape index (κ2) is 23.1. The Morgan fingerprint density at radius 2 is 1.12 bits per heavy atom. The van der Waals surface area contributed by atoms with Crippen LogP contribution in [-0.4, -0.2) is 64.7 Å².